The van der Waals surface area contributed by atoms with Gasteiger partial charge in [-0.3, -0.25) is 9.10 Å². The van der Waals surface area contributed by atoms with Crippen molar-refractivity contribution >= 4 is 33.3 Å². The molecular formula is C18H19NO5S2. The van der Waals surface area contributed by atoms with E-state index < -0.39 is 10.0 Å². The lowest BCUT2D eigenvalue weighted by Gasteiger charge is -2.18. The predicted octanol–water partition coefficient (Wildman–Crippen LogP) is 2.83. The van der Waals surface area contributed by atoms with Gasteiger partial charge in [0.2, 0.25) is 10.0 Å². The number of carbonyl (C=O) groups is 1. The molecule has 2 aromatic carbocycles. The number of anilines is 1. The summed E-state index contributed by atoms with van der Waals surface area (Å²) in [6, 6.07) is 12.2. The van der Waals surface area contributed by atoms with E-state index in [2.05, 4.69) is 0 Å². The number of ketones is 1. The van der Waals surface area contributed by atoms with Gasteiger partial charge in [-0.05, 0) is 42.5 Å². The SMILES string of the molecule is CN(c1ccc(C(=O)CSc2ccc3c(c2)OCCO3)cc1)S(C)(=O)=O. The Morgan fingerprint density at radius 3 is 2.38 bits per heavy atom. The molecule has 0 atom stereocenters. The molecule has 0 aromatic heterocycles. The van der Waals surface area contributed by atoms with Crippen molar-refractivity contribution in [1.82, 2.24) is 0 Å². The van der Waals surface area contributed by atoms with Crippen molar-refractivity contribution in [2.75, 3.05) is 36.6 Å². The fourth-order valence-electron chi connectivity index (χ4n) is 2.39. The lowest BCUT2D eigenvalue weighted by atomic mass is 10.1. The summed E-state index contributed by atoms with van der Waals surface area (Å²) in [6.45, 7) is 1.07. The van der Waals surface area contributed by atoms with Crippen LogP contribution in [-0.4, -0.2) is 46.5 Å². The summed E-state index contributed by atoms with van der Waals surface area (Å²) in [7, 11) is -1.84. The number of sulfonamides is 1. The van der Waals surface area contributed by atoms with Gasteiger partial charge in [0, 0.05) is 17.5 Å². The number of hydrogen-bond acceptors (Lipinski definition) is 6. The first-order chi connectivity index (χ1) is 12.3. The van der Waals surface area contributed by atoms with Crippen LogP contribution in [0.25, 0.3) is 0 Å². The van der Waals surface area contributed by atoms with Crippen LogP contribution >= 0.6 is 11.8 Å². The molecule has 0 N–H and O–H groups in total. The van der Waals surface area contributed by atoms with E-state index >= 15 is 0 Å². The molecule has 0 saturated heterocycles. The zero-order chi connectivity index (χ0) is 18.7. The number of ether oxygens (including phenoxy) is 2. The van der Waals surface area contributed by atoms with Crippen LogP contribution in [0.2, 0.25) is 0 Å². The number of nitrogens with zero attached hydrogens (tertiary/aromatic N) is 1. The average Bonchev–Trinajstić information content (AvgIpc) is 2.64. The number of benzene rings is 2. The first kappa shape index (κ1) is 18.6. The molecule has 6 nitrogen and oxygen atoms in total. The molecule has 0 aliphatic carbocycles. The summed E-state index contributed by atoms with van der Waals surface area (Å²) in [5.74, 6) is 1.67. The molecule has 0 saturated carbocycles. The molecular weight excluding hydrogens is 374 g/mol. The number of hydrogen-bond donors (Lipinski definition) is 0. The van der Waals surface area contributed by atoms with Gasteiger partial charge in [-0.15, -0.1) is 11.8 Å². The van der Waals surface area contributed by atoms with E-state index in [4.69, 9.17) is 9.47 Å². The van der Waals surface area contributed by atoms with Gasteiger partial charge in [-0.2, -0.15) is 0 Å². The van der Waals surface area contributed by atoms with Crippen LogP contribution in [0.1, 0.15) is 10.4 Å². The van der Waals surface area contributed by atoms with Gasteiger partial charge in [0.15, 0.2) is 17.3 Å². The highest BCUT2D eigenvalue weighted by Crippen LogP contribution is 2.34. The van der Waals surface area contributed by atoms with Crippen LogP contribution in [0.15, 0.2) is 47.4 Å². The third kappa shape index (κ3) is 4.31. The van der Waals surface area contributed by atoms with Crippen LogP contribution < -0.4 is 13.8 Å². The van der Waals surface area contributed by atoms with Crippen molar-refractivity contribution in [3.63, 3.8) is 0 Å². The van der Waals surface area contributed by atoms with E-state index in [0.717, 1.165) is 16.9 Å². The quantitative estimate of drug-likeness (QED) is 0.555. The summed E-state index contributed by atoms with van der Waals surface area (Å²) >= 11 is 1.42. The van der Waals surface area contributed by atoms with E-state index in [9.17, 15) is 13.2 Å². The zero-order valence-corrected chi connectivity index (χ0v) is 16.1. The molecule has 0 bridgehead atoms. The monoisotopic (exact) mass is 393 g/mol. The summed E-state index contributed by atoms with van der Waals surface area (Å²) in [5, 5.41) is 0. The van der Waals surface area contributed by atoms with Gasteiger partial charge < -0.3 is 9.47 Å². The highest BCUT2D eigenvalue weighted by Gasteiger charge is 2.15. The van der Waals surface area contributed by atoms with Gasteiger partial charge in [0.05, 0.1) is 17.7 Å². The molecule has 1 aliphatic heterocycles. The van der Waals surface area contributed by atoms with Crippen molar-refractivity contribution in [1.29, 1.82) is 0 Å². The summed E-state index contributed by atoms with van der Waals surface area (Å²) in [5.41, 5.74) is 1.06. The number of fused-ring (bicyclic) bond motifs is 1. The third-order valence-corrected chi connectivity index (χ3v) is 6.13. The number of thioether (sulfide) groups is 1. The lowest BCUT2D eigenvalue weighted by molar-refractivity contribution is 0.102. The molecule has 138 valence electrons. The van der Waals surface area contributed by atoms with E-state index in [1.54, 1.807) is 24.3 Å². The van der Waals surface area contributed by atoms with E-state index in [1.807, 2.05) is 18.2 Å². The fourth-order valence-corrected chi connectivity index (χ4v) is 3.72. The Morgan fingerprint density at radius 1 is 1.08 bits per heavy atom. The van der Waals surface area contributed by atoms with Crippen LogP contribution in [0, 0.1) is 0 Å². The first-order valence-electron chi connectivity index (χ1n) is 7.94. The van der Waals surface area contributed by atoms with Crippen LogP contribution in [-0.2, 0) is 10.0 Å². The van der Waals surface area contributed by atoms with Crippen molar-refractivity contribution in [3.8, 4) is 11.5 Å². The molecule has 1 heterocycles. The Balaban J connectivity index is 1.63. The predicted molar refractivity (Wildman–Crippen MR) is 102 cm³/mol. The molecule has 0 unspecified atom stereocenters. The Kier molecular flexibility index (Phi) is 5.43. The van der Waals surface area contributed by atoms with Gasteiger partial charge in [0.1, 0.15) is 13.2 Å². The Hall–Kier alpha value is -2.19. The van der Waals surface area contributed by atoms with Crippen molar-refractivity contribution in [3.05, 3.63) is 48.0 Å². The number of Topliss-reactive ketones (excluding diaryl/α,β-unsaturated/α-hetero) is 1. The molecule has 0 spiro atoms. The molecule has 0 amide bonds. The first-order valence-corrected chi connectivity index (χ1v) is 10.8. The highest BCUT2D eigenvalue weighted by molar-refractivity contribution is 8.00. The average molecular weight is 393 g/mol. The smallest absolute Gasteiger partial charge is 0.231 e. The molecule has 2 aromatic rings. The van der Waals surface area contributed by atoms with Crippen LogP contribution in [0.5, 0.6) is 11.5 Å². The normalized spacial score (nSPS) is 13.3. The minimum Gasteiger partial charge on any atom is -0.486 e. The van der Waals surface area contributed by atoms with Crippen molar-refractivity contribution < 1.29 is 22.7 Å². The van der Waals surface area contributed by atoms with Gasteiger partial charge in [-0.25, -0.2) is 8.42 Å². The largest absolute Gasteiger partial charge is 0.486 e. The maximum absolute atomic E-state index is 12.4. The van der Waals surface area contributed by atoms with Gasteiger partial charge >= 0.3 is 0 Å². The standard InChI is InChI=1S/C18H19NO5S2/c1-19(26(2,21)22)14-5-3-13(4-6-14)16(20)12-25-15-7-8-17-18(11-15)24-10-9-23-17/h3-8,11H,9-10,12H2,1-2H3. The minimum atomic E-state index is -3.32. The maximum Gasteiger partial charge on any atom is 0.231 e. The Morgan fingerprint density at radius 2 is 1.73 bits per heavy atom. The molecule has 0 fully saturated rings. The summed E-state index contributed by atoms with van der Waals surface area (Å²) < 4.78 is 35.3. The fraction of sp³-hybridized carbons (Fsp3) is 0.278. The minimum absolute atomic E-state index is 0.0292. The van der Waals surface area contributed by atoms with E-state index in [0.29, 0.717) is 30.2 Å². The lowest BCUT2D eigenvalue weighted by Crippen LogP contribution is -2.24. The highest BCUT2D eigenvalue weighted by atomic mass is 32.2. The van der Waals surface area contributed by atoms with E-state index in [1.165, 1.54) is 23.1 Å². The second-order valence-electron chi connectivity index (χ2n) is 5.79. The summed E-state index contributed by atoms with van der Waals surface area (Å²) in [4.78, 5) is 13.3. The van der Waals surface area contributed by atoms with Crippen molar-refractivity contribution in [2.24, 2.45) is 0 Å². The molecule has 8 heteroatoms. The number of carbonyl (C=O) groups excluding carboxylic acids is 1. The second kappa shape index (κ2) is 7.59. The zero-order valence-electron chi connectivity index (χ0n) is 14.5. The van der Waals surface area contributed by atoms with Crippen LogP contribution in [0.4, 0.5) is 5.69 Å². The molecule has 3 rings (SSSR count). The number of rotatable bonds is 6. The van der Waals surface area contributed by atoms with Gasteiger partial charge in [0.25, 0.3) is 0 Å². The van der Waals surface area contributed by atoms with Crippen LogP contribution in [0.3, 0.4) is 0 Å². The Bertz CT molecular complexity index is 910. The van der Waals surface area contributed by atoms with E-state index in [-0.39, 0.29) is 11.5 Å². The molecule has 0 radical (unpaired) electrons. The molecule has 26 heavy (non-hydrogen) atoms. The second-order valence-corrected chi connectivity index (χ2v) is 8.86. The maximum atomic E-state index is 12.4. The van der Waals surface area contributed by atoms with Gasteiger partial charge in [-0.1, -0.05) is 0 Å². The van der Waals surface area contributed by atoms with Crippen molar-refractivity contribution in [2.45, 2.75) is 4.90 Å². The topological polar surface area (TPSA) is 72.9 Å². The Labute approximate surface area is 157 Å². The molecule has 1 aliphatic rings. The summed E-state index contributed by atoms with van der Waals surface area (Å²) in [6.07, 6.45) is 1.13. The third-order valence-electron chi connectivity index (χ3n) is 3.93.